The van der Waals surface area contributed by atoms with Crippen LogP contribution in [-0.4, -0.2) is 19.7 Å². The first-order valence-corrected chi connectivity index (χ1v) is 10.3. The zero-order valence-electron chi connectivity index (χ0n) is 15.8. The fraction of sp³-hybridized carbons (Fsp3) is 0.227. The molecule has 0 bridgehead atoms. The molecule has 2 aromatic carbocycles. The Labute approximate surface area is 159 Å². The van der Waals surface area contributed by atoms with Gasteiger partial charge >= 0.3 is 0 Å². The van der Waals surface area contributed by atoms with Crippen molar-refractivity contribution in [2.75, 3.05) is 4.90 Å². The van der Waals surface area contributed by atoms with E-state index in [1.54, 1.807) is 44.2 Å². The number of carbonyl (C=O) groups is 1. The van der Waals surface area contributed by atoms with E-state index < -0.39 is 15.4 Å². The number of hydrogen-bond donors (Lipinski definition) is 0. The van der Waals surface area contributed by atoms with Crippen LogP contribution >= 0.6 is 0 Å². The number of rotatable bonds is 2. The van der Waals surface area contributed by atoms with Crippen LogP contribution < -0.4 is 4.90 Å². The molecule has 2 heterocycles. The molecule has 2 aromatic rings. The maximum Gasteiger partial charge on any atom is 0.212 e. The van der Waals surface area contributed by atoms with Crippen LogP contribution in [0, 0.1) is 13.8 Å². The van der Waals surface area contributed by atoms with Crippen LogP contribution in [0.15, 0.2) is 64.0 Å². The Morgan fingerprint density at radius 3 is 2.19 bits per heavy atom. The monoisotopic (exact) mass is 379 g/mol. The zero-order valence-corrected chi connectivity index (χ0v) is 16.6. The van der Waals surface area contributed by atoms with Gasteiger partial charge < -0.3 is 4.90 Å². The summed E-state index contributed by atoms with van der Waals surface area (Å²) in [6, 6.07) is 12.6. The maximum atomic E-state index is 13.3. The first-order chi connectivity index (χ1) is 12.6. The molecule has 0 fully saturated rings. The summed E-state index contributed by atoms with van der Waals surface area (Å²) >= 11 is 0. The topological polar surface area (TPSA) is 54.5 Å². The third kappa shape index (κ3) is 2.49. The number of nitrogens with zero attached hydrogens (tertiary/aromatic N) is 1. The number of hydrogen-bond acceptors (Lipinski definition) is 4. The highest BCUT2D eigenvalue weighted by molar-refractivity contribution is 7.96. The van der Waals surface area contributed by atoms with Gasteiger partial charge in [0, 0.05) is 5.69 Å². The second kappa shape index (κ2) is 5.67. The number of sulfone groups is 1. The molecule has 0 amide bonds. The number of anilines is 1. The Morgan fingerprint density at radius 2 is 1.52 bits per heavy atom. The molecule has 0 spiro atoms. The lowest BCUT2D eigenvalue weighted by atomic mass is 9.97. The molecule has 0 saturated heterocycles. The number of aryl methyl sites for hydroxylation is 2. The Balaban J connectivity index is 1.97. The van der Waals surface area contributed by atoms with Crippen molar-refractivity contribution >= 4 is 27.4 Å². The standard InChI is InChI=1S/C22H21NO3S/c1-14-5-9-17(10-6-14)27(25,26)20-19-12-8-16-13-15(2)7-11-18(16)23(19)22(3,4)21(20)24/h5-13H,1-4H3. The van der Waals surface area contributed by atoms with Gasteiger partial charge in [-0.15, -0.1) is 0 Å². The summed E-state index contributed by atoms with van der Waals surface area (Å²) < 4.78 is 26.7. The molecule has 0 N–H and O–H groups in total. The molecule has 0 unspecified atom stereocenters. The third-order valence-electron chi connectivity index (χ3n) is 5.24. The number of carbonyl (C=O) groups excluding carboxylic acids is 1. The van der Waals surface area contributed by atoms with Crippen molar-refractivity contribution in [1.29, 1.82) is 0 Å². The summed E-state index contributed by atoms with van der Waals surface area (Å²) in [5.74, 6) is -0.379. The smallest absolute Gasteiger partial charge is 0.212 e. The lowest BCUT2D eigenvalue weighted by Crippen LogP contribution is -2.45. The average molecular weight is 379 g/mol. The highest BCUT2D eigenvalue weighted by atomic mass is 32.2. The quantitative estimate of drug-likeness (QED) is 0.785. The number of Topliss-reactive ketones (excluding diaryl/α,β-unsaturated/α-hetero) is 1. The van der Waals surface area contributed by atoms with Crippen LogP contribution in [0.2, 0.25) is 0 Å². The molecule has 4 rings (SSSR count). The Kier molecular flexibility index (Phi) is 3.72. The number of benzene rings is 2. The highest BCUT2D eigenvalue weighted by Gasteiger charge is 2.51. The molecule has 2 aliphatic heterocycles. The summed E-state index contributed by atoms with van der Waals surface area (Å²) in [6.45, 7) is 7.45. The van der Waals surface area contributed by atoms with Gasteiger partial charge in [-0.25, -0.2) is 8.42 Å². The van der Waals surface area contributed by atoms with Crippen LogP contribution in [0.1, 0.15) is 30.5 Å². The summed E-state index contributed by atoms with van der Waals surface area (Å²) in [6.07, 6.45) is 3.63. The zero-order chi connectivity index (χ0) is 19.6. The molecule has 0 atom stereocenters. The predicted octanol–water partition coefficient (Wildman–Crippen LogP) is 4.18. The van der Waals surface area contributed by atoms with Crippen molar-refractivity contribution in [3.8, 4) is 0 Å². The van der Waals surface area contributed by atoms with Crippen LogP contribution in [0.5, 0.6) is 0 Å². The molecule has 0 aromatic heterocycles. The van der Waals surface area contributed by atoms with Crippen LogP contribution in [0.4, 0.5) is 5.69 Å². The second-order valence-corrected chi connectivity index (χ2v) is 9.54. The Hall–Kier alpha value is -2.66. The molecule has 2 aliphatic rings. The summed E-state index contributed by atoms with van der Waals surface area (Å²) in [7, 11) is -3.92. The summed E-state index contributed by atoms with van der Waals surface area (Å²) in [4.78, 5) is 15.1. The minimum absolute atomic E-state index is 0.126. The van der Waals surface area contributed by atoms with E-state index in [9.17, 15) is 13.2 Å². The van der Waals surface area contributed by atoms with Crippen molar-refractivity contribution in [3.05, 3.63) is 75.8 Å². The molecule has 5 heteroatoms. The minimum atomic E-state index is -3.92. The molecular formula is C22H21NO3S. The van der Waals surface area contributed by atoms with Gasteiger partial charge in [0.05, 0.1) is 10.6 Å². The Morgan fingerprint density at radius 1 is 0.889 bits per heavy atom. The van der Waals surface area contributed by atoms with Crippen LogP contribution in [-0.2, 0) is 14.6 Å². The summed E-state index contributed by atoms with van der Waals surface area (Å²) in [5.41, 5.74) is 3.38. The van der Waals surface area contributed by atoms with E-state index in [2.05, 4.69) is 0 Å². The summed E-state index contributed by atoms with van der Waals surface area (Å²) in [5, 5.41) is 0. The van der Waals surface area contributed by atoms with E-state index in [1.165, 1.54) is 0 Å². The van der Waals surface area contributed by atoms with Gasteiger partial charge in [-0.1, -0.05) is 35.4 Å². The van der Waals surface area contributed by atoms with Gasteiger partial charge in [0.25, 0.3) is 0 Å². The SMILES string of the molecule is Cc1ccc(S(=O)(=O)C2=C3C=Cc4cc(C)ccc4N3C(C)(C)C2=O)cc1. The maximum absolute atomic E-state index is 13.3. The van der Waals surface area contributed by atoms with Gasteiger partial charge in [0.1, 0.15) is 10.4 Å². The van der Waals surface area contributed by atoms with E-state index in [0.717, 1.165) is 22.4 Å². The first-order valence-electron chi connectivity index (χ1n) is 8.84. The van der Waals surface area contributed by atoms with Gasteiger partial charge in [0.2, 0.25) is 15.6 Å². The van der Waals surface area contributed by atoms with Gasteiger partial charge in [0.15, 0.2) is 0 Å². The fourth-order valence-electron chi connectivity index (χ4n) is 3.75. The van der Waals surface area contributed by atoms with Crippen molar-refractivity contribution in [2.24, 2.45) is 0 Å². The van der Waals surface area contributed by atoms with E-state index in [1.807, 2.05) is 43.0 Å². The Bertz CT molecular complexity index is 1140. The van der Waals surface area contributed by atoms with Crippen molar-refractivity contribution < 1.29 is 13.2 Å². The first kappa shape index (κ1) is 17.7. The van der Waals surface area contributed by atoms with Crippen LogP contribution in [0.25, 0.3) is 6.08 Å². The number of ketones is 1. The average Bonchev–Trinajstić information content (AvgIpc) is 2.82. The largest absolute Gasteiger partial charge is 0.327 e. The fourth-order valence-corrected chi connectivity index (χ4v) is 5.41. The lowest BCUT2D eigenvalue weighted by molar-refractivity contribution is -0.117. The molecule has 4 nitrogen and oxygen atoms in total. The normalized spacial score (nSPS) is 17.9. The van der Waals surface area contributed by atoms with E-state index >= 15 is 0 Å². The van der Waals surface area contributed by atoms with E-state index in [-0.39, 0.29) is 15.6 Å². The van der Waals surface area contributed by atoms with Gasteiger partial charge in [-0.2, -0.15) is 0 Å². The van der Waals surface area contributed by atoms with Crippen molar-refractivity contribution in [1.82, 2.24) is 0 Å². The van der Waals surface area contributed by atoms with Gasteiger partial charge in [-0.3, -0.25) is 4.79 Å². The highest BCUT2D eigenvalue weighted by Crippen LogP contribution is 2.46. The third-order valence-corrected chi connectivity index (χ3v) is 7.06. The van der Waals surface area contributed by atoms with E-state index in [0.29, 0.717) is 5.70 Å². The molecule has 0 radical (unpaired) electrons. The number of fused-ring (bicyclic) bond motifs is 3. The molecule has 0 aliphatic carbocycles. The number of allylic oxidation sites excluding steroid dienone is 1. The molecule has 0 saturated carbocycles. The van der Waals surface area contributed by atoms with Crippen molar-refractivity contribution in [2.45, 2.75) is 38.1 Å². The van der Waals surface area contributed by atoms with Crippen LogP contribution in [0.3, 0.4) is 0 Å². The molecule has 138 valence electrons. The minimum Gasteiger partial charge on any atom is -0.327 e. The molecular weight excluding hydrogens is 358 g/mol. The van der Waals surface area contributed by atoms with E-state index in [4.69, 9.17) is 0 Å². The lowest BCUT2D eigenvalue weighted by Gasteiger charge is -2.36. The molecule has 27 heavy (non-hydrogen) atoms. The second-order valence-electron chi connectivity index (χ2n) is 7.65. The predicted molar refractivity (Wildman–Crippen MR) is 107 cm³/mol. The van der Waals surface area contributed by atoms with Crippen molar-refractivity contribution in [3.63, 3.8) is 0 Å². The van der Waals surface area contributed by atoms with Gasteiger partial charge in [-0.05, 0) is 63.6 Å².